The predicted molar refractivity (Wildman–Crippen MR) is 66.1 cm³/mol. The molecule has 102 valence electrons. The Bertz CT molecular complexity index is 430. The van der Waals surface area contributed by atoms with E-state index in [-0.39, 0.29) is 16.5 Å². The highest BCUT2D eigenvalue weighted by molar-refractivity contribution is 7.18. The van der Waals surface area contributed by atoms with Crippen molar-refractivity contribution in [2.24, 2.45) is 0 Å². The van der Waals surface area contributed by atoms with E-state index in [9.17, 15) is 18.0 Å². The number of nitrogens with two attached hydrogens (primary N) is 1. The second-order valence-electron chi connectivity index (χ2n) is 3.70. The summed E-state index contributed by atoms with van der Waals surface area (Å²) in [5, 5.41) is 2.87. The van der Waals surface area contributed by atoms with Crippen molar-refractivity contribution in [3.8, 4) is 0 Å². The third-order valence-corrected chi connectivity index (χ3v) is 3.35. The van der Waals surface area contributed by atoms with Gasteiger partial charge in [0.15, 0.2) is 0 Å². The minimum Gasteiger partial charge on any atom is -0.397 e. The summed E-state index contributed by atoms with van der Waals surface area (Å²) < 4.78 is 36.7. The molecule has 0 atom stereocenters. The van der Waals surface area contributed by atoms with Gasteiger partial charge >= 0.3 is 6.18 Å². The van der Waals surface area contributed by atoms with E-state index in [1.54, 1.807) is 6.92 Å². The summed E-state index contributed by atoms with van der Waals surface area (Å²) in [5.41, 5.74) is 5.81. The molecule has 4 nitrogen and oxygen atoms in total. The molecule has 3 N–H and O–H groups in total. The molecule has 1 heterocycles. The zero-order valence-corrected chi connectivity index (χ0v) is 10.8. The van der Waals surface area contributed by atoms with E-state index in [2.05, 4.69) is 5.32 Å². The molecule has 1 aromatic heterocycles. The van der Waals surface area contributed by atoms with Crippen LogP contribution >= 0.6 is 11.3 Å². The third kappa shape index (κ3) is 3.80. The average Bonchev–Trinajstić information content (AvgIpc) is 2.58. The van der Waals surface area contributed by atoms with Gasteiger partial charge in [-0.05, 0) is 13.0 Å². The SMILES string of the molecule is CCNC(=O)c1sc(N(C)CC(F)(F)F)cc1N. The Labute approximate surface area is 107 Å². The normalized spacial score (nSPS) is 11.4. The predicted octanol–water partition coefficient (Wildman–Crippen LogP) is 2.08. The van der Waals surface area contributed by atoms with Crippen LogP contribution in [0.5, 0.6) is 0 Å². The molecule has 0 spiro atoms. The Kier molecular flexibility index (Phi) is 4.44. The molecule has 0 saturated heterocycles. The number of thiophene rings is 1. The van der Waals surface area contributed by atoms with Gasteiger partial charge in [0.05, 0.1) is 10.7 Å². The minimum atomic E-state index is -4.29. The van der Waals surface area contributed by atoms with Gasteiger partial charge in [-0.3, -0.25) is 4.79 Å². The summed E-state index contributed by atoms with van der Waals surface area (Å²) in [4.78, 5) is 12.8. The fraction of sp³-hybridized carbons (Fsp3) is 0.500. The maximum Gasteiger partial charge on any atom is 0.405 e. The number of carbonyl (C=O) groups excluding carboxylic acids is 1. The molecular weight excluding hydrogens is 267 g/mol. The number of hydrogen-bond acceptors (Lipinski definition) is 4. The summed E-state index contributed by atoms with van der Waals surface area (Å²) in [7, 11) is 1.31. The van der Waals surface area contributed by atoms with Crippen LogP contribution in [0.25, 0.3) is 0 Å². The van der Waals surface area contributed by atoms with E-state index in [4.69, 9.17) is 5.73 Å². The monoisotopic (exact) mass is 281 g/mol. The highest BCUT2D eigenvalue weighted by atomic mass is 32.1. The number of carbonyl (C=O) groups is 1. The Balaban J connectivity index is 2.87. The quantitative estimate of drug-likeness (QED) is 0.888. The Morgan fingerprint density at radius 2 is 2.17 bits per heavy atom. The number of anilines is 2. The van der Waals surface area contributed by atoms with Crippen molar-refractivity contribution in [3.63, 3.8) is 0 Å². The summed E-state index contributed by atoms with van der Waals surface area (Å²) in [5.74, 6) is -0.369. The Morgan fingerprint density at radius 1 is 1.56 bits per heavy atom. The molecule has 0 fully saturated rings. The maximum absolute atomic E-state index is 12.2. The molecule has 0 aliphatic heterocycles. The second kappa shape index (κ2) is 5.47. The van der Waals surface area contributed by atoms with Crippen molar-refractivity contribution in [1.29, 1.82) is 0 Å². The average molecular weight is 281 g/mol. The van der Waals surface area contributed by atoms with Crippen molar-refractivity contribution in [2.45, 2.75) is 13.1 Å². The van der Waals surface area contributed by atoms with Crippen LogP contribution in [0.4, 0.5) is 23.9 Å². The van der Waals surface area contributed by atoms with Crippen LogP contribution in [0.15, 0.2) is 6.07 Å². The molecule has 1 amide bonds. The van der Waals surface area contributed by atoms with Crippen molar-refractivity contribution < 1.29 is 18.0 Å². The van der Waals surface area contributed by atoms with Crippen molar-refractivity contribution >= 4 is 27.9 Å². The number of nitrogens with zero attached hydrogens (tertiary/aromatic N) is 1. The highest BCUT2D eigenvalue weighted by Crippen LogP contribution is 2.32. The second-order valence-corrected chi connectivity index (χ2v) is 4.73. The number of nitrogen functional groups attached to an aromatic ring is 1. The van der Waals surface area contributed by atoms with Crippen LogP contribution < -0.4 is 16.0 Å². The van der Waals surface area contributed by atoms with E-state index in [1.807, 2.05) is 0 Å². The highest BCUT2D eigenvalue weighted by Gasteiger charge is 2.30. The van der Waals surface area contributed by atoms with E-state index < -0.39 is 12.7 Å². The third-order valence-electron chi connectivity index (χ3n) is 2.08. The van der Waals surface area contributed by atoms with Crippen LogP contribution in [0.2, 0.25) is 0 Å². The van der Waals surface area contributed by atoms with Crippen molar-refractivity contribution in [1.82, 2.24) is 5.32 Å². The maximum atomic E-state index is 12.2. The van der Waals surface area contributed by atoms with E-state index >= 15 is 0 Å². The van der Waals surface area contributed by atoms with Crippen LogP contribution in [-0.4, -0.2) is 32.2 Å². The van der Waals surface area contributed by atoms with Crippen molar-refractivity contribution in [2.75, 3.05) is 30.8 Å². The summed E-state index contributed by atoms with van der Waals surface area (Å²) in [6, 6.07) is 1.38. The van der Waals surface area contributed by atoms with Crippen molar-refractivity contribution in [3.05, 3.63) is 10.9 Å². The molecule has 18 heavy (non-hydrogen) atoms. The zero-order valence-electron chi connectivity index (χ0n) is 9.97. The van der Waals surface area contributed by atoms with Gasteiger partial charge in [0.2, 0.25) is 0 Å². The number of alkyl halides is 3. The van der Waals surface area contributed by atoms with Crippen LogP contribution in [0, 0.1) is 0 Å². The molecule has 0 aliphatic rings. The molecule has 0 radical (unpaired) electrons. The molecule has 0 unspecified atom stereocenters. The van der Waals surface area contributed by atoms with Gasteiger partial charge in [0, 0.05) is 13.6 Å². The summed E-state index contributed by atoms with van der Waals surface area (Å²) in [6.07, 6.45) is -4.29. The number of halogens is 3. The standard InChI is InChI=1S/C10H14F3N3OS/c1-3-15-9(17)8-6(14)4-7(18-8)16(2)5-10(11,12)13/h4H,3,5,14H2,1-2H3,(H,15,17). The van der Waals surface area contributed by atoms with Gasteiger partial charge in [-0.25, -0.2) is 0 Å². The number of hydrogen-bond donors (Lipinski definition) is 2. The first-order valence-corrected chi connectivity index (χ1v) is 6.01. The fourth-order valence-electron chi connectivity index (χ4n) is 1.34. The van der Waals surface area contributed by atoms with E-state index in [0.29, 0.717) is 11.5 Å². The molecule has 1 rings (SSSR count). The molecule has 1 aromatic rings. The topological polar surface area (TPSA) is 58.4 Å². The molecule has 0 bridgehead atoms. The van der Waals surface area contributed by atoms with Crippen LogP contribution in [0.1, 0.15) is 16.6 Å². The lowest BCUT2D eigenvalue weighted by molar-refractivity contribution is -0.119. The van der Waals surface area contributed by atoms with Gasteiger partial charge in [0.25, 0.3) is 5.91 Å². The van der Waals surface area contributed by atoms with Gasteiger partial charge in [-0.2, -0.15) is 13.2 Å². The first-order valence-electron chi connectivity index (χ1n) is 5.20. The molecule has 0 saturated carbocycles. The Hall–Kier alpha value is -1.44. The lowest BCUT2D eigenvalue weighted by Crippen LogP contribution is -2.30. The van der Waals surface area contributed by atoms with E-state index in [1.165, 1.54) is 13.1 Å². The first kappa shape index (κ1) is 14.6. The summed E-state index contributed by atoms with van der Waals surface area (Å²) in [6.45, 7) is 1.10. The number of nitrogens with one attached hydrogen (secondary N) is 1. The minimum absolute atomic E-state index is 0.190. The Morgan fingerprint density at radius 3 is 2.67 bits per heavy atom. The zero-order chi connectivity index (χ0) is 13.9. The molecule has 8 heteroatoms. The summed E-state index contributed by atoms with van der Waals surface area (Å²) >= 11 is 0.945. The lowest BCUT2D eigenvalue weighted by Gasteiger charge is -2.18. The van der Waals surface area contributed by atoms with Crippen LogP contribution in [-0.2, 0) is 0 Å². The van der Waals surface area contributed by atoms with Gasteiger partial charge < -0.3 is 16.0 Å². The fourth-order valence-corrected chi connectivity index (χ4v) is 2.30. The molecule has 0 aromatic carbocycles. The lowest BCUT2D eigenvalue weighted by atomic mass is 10.3. The van der Waals surface area contributed by atoms with Gasteiger partial charge in [-0.1, -0.05) is 0 Å². The number of rotatable bonds is 4. The first-order chi connectivity index (χ1) is 8.24. The van der Waals surface area contributed by atoms with Crippen LogP contribution in [0.3, 0.4) is 0 Å². The van der Waals surface area contributed by atoms with Gasteiger partial charge in [-0.15, -0.1) is 11.3 Å². The van der Waals surface area contributed by atoms with E-state index in [0.717, 1.165) is 16.2 Å². The number of amides is 1. The largest absolute Gasteiger partial charge is 0.405 e. The molecular formula is C10H14F3N3OS. The smallest absolute Gasteiger partial charge is 0.397 e. The van der Waals surface area contributed by atoms with Gasteiger partial charge in [0.1, 0.15) is 11.4 Å². The molecule has 0 aliphatic carbocycles.